The number of aryl methyl sites for hydroxylation is 1. The lowest BCUT2D eigenvalue weighted by molar-refractivity contribution is -0.671. The average molecular weight is 231 g/mol. The van der Waals surface area contributed by atoms with Crippen LogP contribution in [0.1, 0.15) is 0 Å². The minimum absolute atomic E-state index is 0.0540. The van der Waals surface area contributed by atoms with Gasteiger partial charge in [0.1, 0.15) is 7.05 Å². The van der Waals surface area contributed by atoms with E-state index < -0.39 is 4.92 Å². The van der Waals surface area contributed by atoms with E-state index in [1.807, 2.05) is 6.20 Å². The third-order valence-corrected chi connectivity index (χ3v) is 2.39. The first kappa shape index (κ1) is 11.1. The van der Waals surface area contributed by atoms with Gasteiger partial charge in [0.05, 0.1) is 4.92 Å². The van der Waals surface area contributed by atoms with Gasteiger partial charge in [-0.15, -0.1) is 0 Å². The molecular formula is C12H11N2O3+. The van der Waals surface area contributed by atoms with E-state index in [0.29, 0.717) is 0 Å². The zero-order valence-electron chi connectivity index (χ0n) is 9.20. The maximum atomic E-state index is 10.5. The third kappa shape index (κ3) is 2.39. The van der Waals surface area contributed by atoms with Gasteiger partial charge >= 0.3 is 0 Å². The van der Waals surface area contributed by atoms with Crippen LogP contribution in [0.3, 0.4) is 0 Å². The summed E-state index contributed by atoms with van der Waals surface area (Å²) in [6, 6.07) is 7.82. The molecule has 0 amide bonds. The average Bonchev–Trinajstić information content (AvgIpc) is 2.28. The lowest BCUT2D eigenvalue weighted by Gasteiger charge is -2.00. The Kier molecular flexibility index (Phi) is 2.74. The summed E-state index contributed by atoms with van der Waals surface area (Å²) in [5, 5.41) is 20.0. The molecule has 86 valence electrons. The van der Waals surface area contributed by atoms with Crippen molar-refractivity contribution in [2.45, 2.75) is 0 Å². The van der Waals surface area contributed by atoms with Crippen molar-refractivity contribution >= 4 is 5.69 Å². The molecule has 0 aliphatic carbocycles. The van der Waals surface area contributed by atoms with E-state index in [9.17, 15) is 15.2 Å². The summed E-state index contributed by atoms with van der Waals surface area (Å²) >= 11 is 0. The highest BCUT2D eigenvalue weighted by Gasteiger charge is 2.08. The van der Waals surface area contributed by atoms with E-state index in [4.69, 9.17) is 0 Å². The quantitative estimate of drug-likeness (QED) is 0.486. The van der Waals surface area contributed by atoms with E-state index >= 15 is 0 Å². The third-order valence-electron chi connectivity index (χ3n) is 2.39. The van der Waals surface area contributed by atoms with Crippen LogP contribution in [0.2, 0.25) is 0 Å². The van der Waals surface area contributed by atoms with Gasteiger partial charge in [-0.3, -0.25) is 10.1 Å². The smallest absolute Gasteiger partial charge is 0.269 e. The Morgan fingerprint density at radius 1 is 1.18 bits per heavy atom. The number of aromatic hydroxyl groups is 1. The maximum absolute atomic E-state index is 10.5. The second-order valence-electron chi connectivity index (χ2n) is 3.75. The Labute approximate surface area is 97.7 Å². The van der Waals surface area contributed by atoms with Crippen LogP contribution in [0.5, 0.6) is 5.75 Å². The van der Waals surface area contributed by atoms with Crippen molar-refractivity contribution in [3.8, 4) is 16.9 Å². The Morgan fingerprint density at radius 2 is 1.82 bits per heavy atom. The predicted octanol–water partition coefficient (Wildman–Crippen LogP) is 1.79. The number of nitro benzene ring substituents is 1. The highest BCUT2D eigenvalue weighted by atomic mass is 16.6. The van der Waals surface area contributed by atoms with Gasteiger partial charge in [-0.25, -0.2) is 4.57 Å². The molecule has 1 heterocycles. The first-order chi connectivity index (χ1) is 8.06. The van der Waals surface area contributed by atoms with Gasteiger partial charge in [-0.1, -0.05) is 0 Å². The number of nitrogens with zero attached hydrogens (tertiary/aromatic N) is 2. The van der Waals surface area contributed by atoms with Crippen molar-refractivity contribution in [2.24, 2.45) is 7.05 Å². The monoisotopic (exact) mass is 231 g/mol. The van der Waals surface area contributed by atoms with Gasteiger partial charge in [0.25, 0.3) is 5.69 Å². The number of rotatable bonds is 2. The molecule has 0 unspecified atom stereocenters. The number of hydrogen-bond donors (Lipinski definition) is 1. The van der Waals surface area contributed by atoms with Gasteiger partial charge in [0, 0.05) is 17.7 Å². The molecule has 2 aromatic rings. The Balaban J connectivity index is 2.43. The SMILES string of the molecule is C[n+]1cc(O)cc(-c2ccc([N+](=O)[O-])cc2)c1. The van der Waals surface area contributed by atoms with Crippen LogP contribution in [0, 0.1) is 10.1 Å². The molecule has 5 nitrogen and oxygen atoms in total. The molecule has 17 heavy (non-hydrogen) atoms. The summed E-state index contributed by atoms with van der Waals surface area (Å²) < 4.78 is 1.73. The normalized spacial score (nSPS) is 10.2. The minimum Gasteiger partial charge on any atom is -0.503 e. The van der Waals surface area contributed by atoms with Gasteiger partial charge in [0.2, 0.25) is 6.20 Å². The topological polar surface area (TPSA) is 67.2 Å². The molecule has 0 fully saturated rings. The molecule has 1 N–H and O–H groups in total. The summed E-state index contributed by atoms with van der Waals surface area (Å²) in [6.45, 7) is 0. The zero-order chi connectivity index (χ0) is 12.4. The Morgan fingerprint density at radius 3 is 2.35 bits per heavy atom. The fourth-order valence-electron chi connectivity index (χ4n) is 1.63. The van der Waals surface area contributed by atoms with E-state index in [1.54, 1.807) is 36.0 Å². The number of hydrogen-bond acceptors (Lipinski definition) is 3. The van der Waals surface area contributed by atoms with Crippen LogP contribution < -0.4 is 4.57 Å². The molecular weight excluding hydrogens is 220 g/mol. The van der Waals surface area contributed by atoms with Crippen molar-refractivity contribution in [1.29, 1.82) is 0 Å². The number of benzene rings is 1. The molecule has 0 bridgehead atoms. The number of aromatic nitrogens is 1. The van der Waals surface area contributed by atoms with Crippen LogP contribution in [0.25, 0.3) is 11.1 Å². The minimum atomic E-state index is -0.438. The second-order valence-corrected chi connectivity index (χ2v) is 3.75. The predicted molar refractivity (Wildman–Crippen MR) is 61.4 cm³/mol. The molecule has 5 heteroatoms. The Bertz CT molecular complexity index is 544. The van der Waals surface area contributed by atoms with Crippen LogP contribution in [-0.2, 0) is 7.05 Å². The highest BCUT2D eigenvalue weighted by molar-refractivity contribution is 5.64. The summed E-state index contributed by atoms with van der Waals surface area (Å²) in [5.74, 6) is 0.156. The Hall–Kier alpha value is -2.43. The van der Waals surface area contributed by atoms with Crippen LogP contribution >= 0.6 is 0 Å². The summed E-state index contributed by atoms with van der Waals surface area (Å²) in [5.41, 5.74) is 1.68. The van der Waals surface area contributed by atoms with Gasteiger partial charge in [-0.05, 0) is 23.8 Å². The lowest BCUT2D eigenvalue weighted by Crippen LogP contribution is -2.26. The summed E-state index contributed by atoms with van der Waals surface area (Å²) in [4.78, 5) is 10.1. The summed E-state index contributed by atoms with van der Waals surface area (Å²) in [6.07, 6.45) is 3.41. The molecule has 0 aliphatic heterocycles. The molecule has 1 aromatic heterocycles. The van der Waals surface area contributed by atoms with Gasteiger partial charge in [0.15, 0.2) is 11.9 Å². The molecule has 0 saturated heterocycles. The van der Waals surface area contributed by atoms with Gasteiger partial charge < -0.3 is 5.11 Å². The van der Waals surface area contributed by atoms with Crippen LogP contribution in [0.4, 0.5) is 5.69 Å². The van der Waals surface area contributed by atoms with Crippen molar-refractivity contribution < 1.29 is 14.6 Å². The first-order valence-corrected chi connectivity index (χ1v) is 5.00. The van der Waals surface area contributed by atoms with Gasteiger partial charge in [-0.2, -0.15) is 0 Å². The fourth-order valence-corrected chi connectivity index (χ4v) is 1.63. The summed E-state index contributed by atoms with van der Waals surface area (Å²) in [7, 11) is 1.80. The van der Waals surface area contributed by atoms with Crippen LogP contribution in [-0.4, -0.2) is 10.0 Å². The molecule has 0 radical (unpaired) electrons. The molecule has 0 atom stereocenters. The molecule has 2 rings (SSSR count). The van der Waals surface area contributed by atoms with Crippen molar-refractivity contribution in [3.05, 3.63) is 52.8 Å². The van der Waals surface area contributed by atoms with Crippen molar-refractivity contribution in [2.75, 3.05) is 0 Å². The molecule has 0 aliphatic rings. The van der Waals surface area contributed by atoms with E-state index in [0.717, 1.165) is 11.1 Å². The molecule has 0 spiro atoms. The van der Waals surface area contributed by atoms with Crippen molar-refractivity contribution in [3.63, 3.8) is 0 Å². The van der Waals surface area contributed by atoms with E-state index in [2.05, 4.69) is 0 Å². The van der Waals surface area contributed by atoms with Crippen molar-refractivity contribution in [1.82, 2.24) is 0 Å². The van der Waals surface area contributed by atoms with E-state index in [-0.39, 0.29) is 11.4 Å². The molecule has 0 saturated carbocycles. The first-order valence-electron chi connectivity index (χ1n) is 5.00. The number of non-ortho nitro benzene ring substituents is 1. The number of pyridine rings is 1. The number of nitro groups is 1. The standard InChI is InChI=1S/C12H10N2O3/c1-13-7-10(6-12(15)8-13)9-2-4-11(5-3-9)14(16)17/h2-8H,1H3/p+1. The largest absolute Gasteiger partial charge is 0.503 e. The molecule has 1 aromatic carbocycles. The second kappa shape index (κ2) is 4.21. The fraction of sp³-hybridized carbons (Fsp3) is 0.0833. The maximum Gasteiger partial charge on any atom is 0.269 e. The van der Waals surface area contributed by atoms with E-state index in [1.165, 1.54) is 12.1 Å². The lowest BCUT2D eigenvalue weighted by atomic mass is 10.1. The zero-order valence-corrected chi connectivity index (χ0v) is 9.20. The van der Waals surface area contributed by atoms with Crippen LogP contribution in [0.15, 0.2) is 42.7 Å². The highest BCUT2D eigenvalue weighted by Crippen LogP contribution is 2.23.